The normalized spacial score (nSPS) is 13.3. The molecule has 0 aliphatic heterocycles. The first-order chi connectivity index (χ1) is 19.2. The summed E-state index contributed by atoms with van der Waals surface area (Å²) in [4.78, 5) is 13.0. The molecule has 0 fully saturated rings. The van der Waals surface area contributed by atoms with Gasteiger partial charge in [0.1, 0.15) is 6.61 Å². The summed E-state index contributed by atoms with van der Waals surface area (Å²) in [5.74, 6) is -0.198. The minimum Gasteiger partial charge on any atom is -0.449 e. The Morgan fingerprint density at radius 3 is 2.30 bits per heavy atom. The van der Waals surface area contributed by atoms with Crippen LogP contribution in [0.4, 0.5) is 18.0 Å². The van der Waals surface area contributed by atoms with E-state index in [9.17, 15) is 23.1 Å². The van der Waals surface area contributed by atoms with Crippen molar-refractivity contribution in [2.45, 2.75) is 23.5 Å². The number of amides is 1. The second-order valence-electron chi connectivity index (χ2n) is 8.84. The maximum absolute atomic E-state index is 14.0. The highest BCUT2D eigenvalue weighted by Gasteiger charge is 2.35. The molecule has 0 radical (unpaired) electrons. The first-order valence-corrected chi connectivity index (χ1v) is 13.4. The van der Waals surface area contributed by atoms with Crippen LogP contribution in [-0.4, -0.2) is 24.4 Å². The van der Waals surface area contributed by atoms with Crippen LogP contribution in [0.25, 0.3) is 11.1 Å². The number of hydrogen-bond donors (Lipinski definition) is 3. The van der Waals surface area contributed by atoms with Crippen LogP contribution >= 0.6 is 23.4 Å². The minimum atomic E-state index is -4.71. The van der Waals surface area contributed by atoms with Crippen molar-refractivity contribution < 1.29 is 27.8 Å². The van der Waals surface area contributed by atoms with Gasteiger partial charge in [-0.05, 0) is 57.8 Å². The summed E-state index contributed by atoms with van der Waals surface area (Å²) in [6.45, 7) is 2.96. The van der Waals surface area contributed by atoms with E-state index in [1.54, 1.807) is 0 Å². The first-order valence-electron chi connectivity index (χ1n) is 12.2. The highest BCUT2D eigenvalue weighted by Crippen LogP contribution is 2.45. The predicted molar refractivity (Wildman–Crippen MR) is 152 cm³/mol. The quantitative estimate of drug-likeness (QED) is 0.180. The third-order valence-corrected chi connectivity index (χ3v) is 8.04. The van der Waals surface area contributed by atoms with E-state index >= 15 is 0 Å². The van der Waals surface area contributed by atoms with Crippen molar-refractivity contribution in [1.82, 2.24) is 5.32 Å². The number of alkyl carbamates (subject to hydrolysis) is 1. The van der Waals surface area contributed by atoms with Crippen molar-refractivity contribution in [3.8, 4) is 11.1 Å². The smallest absolute Gasteiger partial charge is 0.416 e. The maximum atomic E-state index is 14.0. The molecule has 0 saturated carbocycles. The molecule has 0 bridgehead atoms. The van der Waals surface area contributed by atoms with E-state index < -0.39 is 31.0 Å². The van der Waals surface area contributed by atoms with Crippen LogP contribution in [0.3, 0.4) is 0 Å². The monoisotopic (exact) mass is 586 g/mol. The molecule has 0 heterocycles. The van der Waals surface area contributed by atoms with Gasteiger partial charge in [-0.3, -0.25) is 0 Å². The summed E-state index contributed by atoms with van der Waals surface area (Å²) < 4.78 is 47.3. The average Bonchev–Trinajstić information content (AvgIpc) is 3.25. The SMILES string of the molecule is C=C(Sc1c(Cl)ccc(C(F)(F)F)c1CNC(=O)OCC1c2ccccc2-c2ccccc21)/C(=C\C=C/N)CO. The zero-order valence-corrected chi connectivity index (χ0v) is 22.7. The summed E-state index contributed by atoms with van der Waals surface area (Å²) in [5, 5.41) is 12.2. The summed E-state index contributed by atoms with van der Waals surface area (Å²) in [5.41, 5.74) is 8.62. The zero-order valence-electron chi connectivity index (χ0n) is 21.2. The van der Waals surface area contributed by atoms with Crippen LogP contribution in [-0.2, 0) is 17.5 Å². The number of fused-ring (bicyclic) bond motifs is 3. The van der Waals surface area contributed by atoms with Gasteiger partial charge in [-0.2, -0.15) is 13.2 Å². The number of benzene rings is 3. The molecule has 1 aliphatic rings. The molecule has 0 spiro atoms. The number of nitrogens with one attached hydrogen (secondary N) is 1. The molecule has 3 aromatic carbocycles. The molecular weight excluding hydrogens is 561 g/mol. The molecule has 10 heteroatoms. The molecule has 0 aromatic heterocycles. The summed E-state index contributed by atoms with van der Waals surface area (Å²) in [7, 11) is 0. The Bertz CT molecular complexity index is 1440. The van der Waals surface area contributed by atoms with Crippen molar-refractivity contribution in [2.75, 3.05) is 13.2 Å². The highest BCUT2D eigenvalue weighted by atomic mass is 35.5. The molecule has 208 valence electrons. The Balaban J connectivity index is 1.53. The van der Waals surface area contributed by atoms with E-state index in [0.717, 1.165) is 46.1 Å². The Labute approximate surface area is 239 Å². The lowest BCUT2D eigenvalue weighted by atomic mass is 9.98. The summed E-state index contributed by atoms with van der Waals surface area (Å²) in [6.07, 6.45) is -1.38. The average molecular weight is 587 g/mol. The number of halogens is 4. The fourth-order valence-electron chi connectivity index (χ4n) is 4.55. The number of aliphatic hydroxyl groups is 1. The molecule has 4 N–H and O–H groups in total. The van der Waals surface area contributed by atoms with Gasteiger partial charge in [-0.1, -0.05) is 84.5 Å². The fourth-order valence-corrected chi connectivity index (χ4v) is 5.83. The molecule has 1 aliphatic carbocycles. The summed E-state index contributed by atoms with van der Waals surface area (Å²) in [6, 6.07) is 17.6. The van der Waals surface area contributed by atoms with E-state index in [0.29, 0.717) is 5.57 Å². The zero-order chi connectivity index (χ0) is 28.9. The van der Waals surface area contributed by atoms with Gasteiger partial charge in [-0.15, -0.1) is 0 Å². The molecule has 0 atom stereocenters. The second kappa shape index (κ2) is 12.7. The Hall–Kier alpha value is -3.66. The van der Waals surface area contributed by atoms with Crippen LogP contribution in [0.15, 0.2) is 101 Å². The number of carbonyl (C=O) groups is 1. The highest BCUT2D eigenvalue weighted by molar-refractivity contribution is 8.03. The predicted octanol–water partition coefficient (Wildman–Crippen LogP) is 7.39. The number of ether oxygens (including phenoxy) is 1. The number of nitrogens with two attached hydrogens (primary N) is 1. The first kappa shape index (κ1) is 29.3. The Morgan fingerprint density at radius 2 is 1.73 bits per heavy atom. The minimum absolute atomic E-state index is 0.0132. The third kappa shape index (κ3) is 6.38. The van der Waals surface area contributed by atoms with E-state index in [1.807, 2.05) is 48.5 Å². The van der Waals surface area contributed by atoms with Gasteiger partial charge in [0.25, 0.3) is 0 Å². The topological polar surface area (TPSA) is 84.6 Å². The molecule has 5 nitrogen and oxygen atoms in total. The molecule has 0 unspecified atom stereocenters. The summed E-state index contributed by atoms with van der Waals surface area (Å²) >= 11 is 7.18. The van der Waals surface area contributed by atoms with Crippen LogP contribution < -0.4 is 11.1 Å². The molecule has 1 amide bonds. The molecule has 3 aromatic rings. The van der Waals surface area contributed by atoms with Crippen LogP contribution in [0, 0.1) is 0 Å². The second-order valence-corrected chi connectivity index (χ2v) is 10.4. The van der Waals surface area contributed by atoms with E-state index in [-0.39, 0.29) is 32.9 Å². The van der Waals surface area contributed by atoms with E-state index in [1.165, 1.54) is 18.4 Å². The van der Waals surface area contributed by atoms with Gasteiger partial charge < -0.3 is 20.9 Å². The van der Waals surface area contributed by atoms with Gasteiger partial charge in [0.15, 0.2) is 0 Å². The molecule has 40 heavy (non-hydrogen) atoms. The number of hydrogen-bond acceptors (Lipinski definition) is 5. The van der Waals surface area contributed by atoms with Gasteiger partial charge in [0.2, 0.25) is 0 Å². The lowest BCUT2D eigenvalue weighted by molar-refractivity contribution is -0.138. The fraction of sp³-hybridized carbons (Fsp3) is 0.167. The van der Waals surface area contributed by atoms with Gasteiger partial charge in [0.05, 0.1) is 17.2 Å². The third-order valence-electron chi connectivity index (χ3n) is 6.43. The standard InChI is InChI=1S/C30H26ClF3N2O3S/c1-18(19(16-37)7-6-14-35)40-28-24(26(30(32,33)34)12-13-27(28)31)15-36-29(38)39-17-25-22-10-4-2-8-20(22)21-9-3-5-11-23(21)25/h2-14,25,37H,1,15-17,35H2,(H,36,38)/b14-6-,19-7-. The largest absolute Gasteiger partial charge is 0.449 e. The van der Waals surface area contributed by atoms with Gasteiger partial charge in [-0.25, -0.2) is 4.79 Å². The Morgan fingerprint density at radius 1 is 1.10 bits per heavy atom. The number of thioether (sulfide) groups is 1. The number of aliphatic hydroxyl groups excluding tert-OH is 1. The van der Waals surface area contributed by atoms with Crippen LogP contribution in [0.2, 0.25) is 5.02 Å². The van der Waals surface area contributed by atoms with Crippen molar-refractivity contribution >= 4 is 29.5 Å². The molecule has 0 saturated heterocycles. The maximum Gasteiger partial charge on any atom is 0.416 e. The lowest BCUT2D eigenvalue weighted by Gasteiger charge is -2.20. The molecule has 4 rings (SSSR count). The number of carbonyl (C=O) groups excluding carboxylic acids is 1. The van der Waals surface area contributed by atoms with Crippen LogP contribution in [0.5, 0.6) is 0 Å². The van der Waals surface area contributed by atoms with Crippen molar-refractivity contribution in [2.24, 2.45) is 5.73 Å². The van der Waals surface area contributed by atoms with Crippen molar-refractivity contribution in [3.05, 3.63) is 123 Å². The number of rotatable bonds is 9. The van der Waals surface area contributed by atoms with Gasteiger partial charge >= 0.3 is 12.3 Å². The molecular formula is C30H26ClF3N2O3S. The van der Waals surface area contributed by atoms with E-state index in [2.05, 4.69) is 11.9 Å². The van der Waals surface area contributed by atoms with Gasteiger partial charge in [0, 0.05) is 22.3 Å². The number of allylic oxidation sites excluding steroid dienone is 2. The van der Waals surface area contributed by atoms with Crippen LogP contribution in [0.1, 0.15) is 28.2 Å². The van der Waals surface area contributed by atoms with Crippen molar-refractivity contribution in [3.63, 3.8) is 0 Å². The Kier molecular flexibility index (Phi) is 9.29. The van der Waals surface area contributed by atoms with E-state index in [4.69, 9.17) is 22.1 Å². The van der Waals surface area contributed by atoms with Crippen molar-refractivity contribution in [1.29, 1.82) is 0 Å². The lowest BCUT2D eigenvalue weighted by Crippen LogP contribution is -2.27. The number of alkyl halides is 3.